The van der Waals surface area contributed by atoms with Gasteiger partial charge in [0.1, 0.15) is 0 Å². The van der Waals surface area contributed by atoms with Crippen molar-refractivity contribution in [1.29, 1.82) is 0 Å². The minimum absolute atomic E-state index is 0.212. The number of aryl methyl sites for hydroxylation is 2. The highest BCUT2D eigenvalue weighted by atomic mass is 35.5. The third-order valence-electron chi connectivity index (χ3n) is 3.86. The molecule has 0 unspecified atom stereocenters. The smallest absolute Gasteiger partial charge is 0.276 e. The van der Waals surface area contributed by atoms with Gasteiger partial charge < -0.3 is 5.32 Å². The van der Waals surface area contributed by atoms with E-state index in [4.69, 9.17) is 11.6 Å². The summed E-state index contributed by atoms with van der Waals surface area (Å²) in [6, 6.07) is 15.3. The lowest BCUT2D eigenvalue weighted by atomic mass is 10.0. The van der Waals surface area contributed by atoms with Gasteiger partial charge in [0.2, 0.25) is 0 Å². The molecule has 1 amide bonds. The first-order chi connectivity index (χ1) is 12.0. The molecule has 0 fully saturated rings. The van der Waals surface area contributed by atoms with Crippen LogP contribution < -0.4 is 5.32 Å². The molecule has 0 aliphatic carbocycles. The van der Waals surface area contributed by atoms with E-state index in [-0.39, 0.29) is 17.4 Å². The number of anilines is 1. The maximum absolute atomic E-state index is 12.8. The number of amides is 1. The third-order valence-corrected chi connectivity index (χ3v) is 4.09. The fourth-order valence-electron chi connectivity index (χ4n) is 2.42. The fraction of sp³-hybridized carbons (Fsp3) is 0.105. The van der Waals surface area contributed by atoms with Crippen molar-refractivity contribution in [2.24, 2.45) is 7.05 Å². The van der Waals surface area contributed by atoms with Crippen molar-refractivity contribution in [2.75, 3.05) is 5.32 Å². The summed E-state index contributed by atoms with van der Waals surface area (Å²) in [5.41, 5.74) is 2.40. The predicted molar refractivity (Wildman–Crippen MR) is 97.2 cm³/mol. The Labute approximate surface area is 150 Å². The van der Waals surface area contributed by atoms with Gasteiger partial charge in [-0.15, -0.1) is 0 Å². The highest BCUT2D eigenvalue weighted by Crippen LogP contribution is 2.24. The van der Waals surface area contributed by atoms with Crippen molar-refractivity contribution in [3.05, 3.63) is 82.1 Å². The predicted octanol–water partition coefficient (Wildman–Crippen LogP) is 3.87. The quantitative estimate of drug-likeness (QED) is 0.724. The van der Waals surface area contributed by atoms with Crippen LogP contribution in [0.1, 0.15) is 32.1 Å². The second kappa shape index (κ2) is 6.91. The summed E-state index contributed by atoms with van der Waals surface area (Å²) in [6.07, 6.45) is 0. The molecule has 0 saturated carbocycles. The molecule has 25 heavy (non-hydrogen) atoms. The van der Waals surface area contributed by atoms with Crippen LogP contribution in [0.15, 0.2) is 54.6 Å². The second-order valence-electron chi connectivity index (χ2n) is 5.63. The van der Waals surface area contributed by atoms with Crippen LogP contribution in [0.5, 0.6) is 0 Å². The molecule has 3 rings (SSSR count). The van der Waals surface area contributed by atoms with Crippen LogP contribution in [0.2, 0.25) is 5.02 Å². The van der Waals surface area contributed by atoms with Gasteiger partial charge in [-0.25, -0.2) is 0 Å². The zero-order chi connectivity index (χ0) is 18.0. The average Bonchev–Trinajstić information content (AvgIpc) is 2.96. The minimum atomic E-state index is -0.381. The molecule has 0 radical (unpaired) electrons. The van der Waals surface area contributed by atoms with Crippen LogP contribution in [0.25, 0.3) is 0 Å². The lowest BCUT2D eigenvalue weighted by molar-refractivity contribution is 0.102. The van der Waals surface area contributed by atoms with Crippen LogP contribution in [-0.4, -0.2) is 21.5 Å². The topological polar surface area (TPSA) is 64.0 Å². The van der Waals surface area contributed by atoms with Gasteiger partial charge >= 0.3 is 0 Å². The first kappa shape index (κ1) is 16.9. The second-order valence-corrected chi connectivity index (χ2v) is 6.07. The van der Waals surface area contributed by atoms with E-state index in [2.05, 4.69) is 10.4 Å². The Hall–Kier alpha value is -2.92. The van der Waals surface area contributed by atoms with E-state index in [9.17, 15) is 9.59 Å². The zero-order valence-corrected chi connectivity index (χ0v) is 14.5. The van der Waals surface area contributed by atoms with E-state index in [1.54, 1.807) is 60.3 Å². The molecule has 2 aromatic carbocycles. The number of carbonyl (C=O) groups excluding carboxylic acids is 2. The molecule has 0 aliphatic heterocycles. The van der Waals surface area contributed by atoms with E-state index in [0.717, 1.165) is 5.69 Å². The Bertz CT molecular complexity index is 929. The summed E-state index contributed by atoms with van der Waals surface area (Å²) in [4.78, 5) is 25.2. The van der Waals surface area contributed by atoms with Gasteiger partial charge in [-0.1, -0.05) is 41.9 Å². The standard InChI is InChI=1S/C19H16ClN3O2/c1-12-10-17(22-23(12)2)19(25)21-16-9-8-14(20)11-15(16)18(24)13-6-4-3-5-7-13/h3-11H,1-2H3,(H,21,25). The molecule has 0 bridgehead atoms. The maximum Gasteiger partial charge on any atom is 0.276 e. The molecule has 0 aliphatic rings. The number of benzene rings is 2. The number of rotatable bonds is 4. The van der Waals surface area contributed by atoms with Crippen molar-refractivity contribution >= 4 is 29.0 Å². The van der Waals surface area contributed by atoms with Gasteiger partial charge in [0.15, 0.2) is 11.5 Å². The molecule has 1 aromatic heterocycles. The van der Waals surface area contributed by atoms with Crippen molar-refractivity contribution in [3.8, 4) is 0 Å². The molecule has 6 heteroatoms. The first-order valence-electron chi connectivity index (χ1n) is 7.67. The van der Waals surface area contributed by atoms with E-state index in [1.165, 1.54) is 0 Å². The Morgan fingerprint density at radius 2 is 1.80 bits per heavy atom. The van der Waals surface area contributed by atoms with E-state index in [0.29, 0.717) is 21.8 Å². The van der Waals surface area contributed by atoms with Crippen LogP contribution in [0.3, 0.4) is 0 Å². The Morgan fingerprint density at radius 1 is 1.08 bits per heavy atom. The maximum atomic E-state index is 12.8. The number of carbonyl (C=O) groups is 2. The zero-order valence-electron chi connectivity index (χ0n) is 13.8. The van der Waals surface area contributed by atoms with Gasteiger partial charge in [-0.05, 0) is 31.2 Å². The Kier molecular flexibility index (Phi) is 4.67. The fourth-order valence-corrected chi connectivity index (χ4v) is 2.59. The van der Waals surface area contributed by atoms with Crippen molar-refractivity contribution in [1.82, 2.24) is 9.78 Å². The lowest BCUT2D eigenvalue weighted by Gasteiger charge is -2.10. The van der Waals surface area contributed by atoms with Crippen molar-refractivity contribution < 1.29 is 9.59 Å². The van der Waals surface area contributed by atoms with Crippen molar-refractivity contribution in [3.63, 3.8) is 0 Å². The van der Waals surface area contributed by atoms with Crippen LogP contribution in [0, 0.1) is 6.92 Å². The molecule has 0 spiro atoms. The number of ketones is 1. The van der Waals surface area contributed by atoms with E-state index < -0.39 is 0 Å². The number of nitrogens with zero attached hydrogens (tertiary/aromatic N) is 2. The summed E-state index contributed by atoms with van der Waals surface area (Å²) in [7, 11) is 1.76. The molecule has 126 valence electrons. The van der Waals surface area contributed by atoms with Crippen molar-refractivity contribution in [2.45, 2.75) is 6.92 Å². The van der Waals surface area contributed by atoms with Gasteiger partial charge in [0.25, 0.3) is 5.91 Å². The molecular weight excluding hydrogens is 338 g/mol. The Morgan fingerprint density at radius 3 is 2.44 bits per heavy atom. The molecule has 0 atom stereocenters. The van der Waals surface area contributed by atoms with Gasteiger partial charge in [-0.2, -0.15) is 5.10 Å². The van der Waals surface area contributed by atoms with Gasteiger partial charge in [-0.3, -0.25) is 14.3 Å². The molecule has 3 aromatic rings. The SMILES string of the molecule is Cc1cc(C(=O)Nc2ccc(Cl)cc2C(=O)c2ccccc2)nn1C. The molecule has 1 N–H and O–H groups in total. The highest BCUT2D eigenvalue weighted by Gasteiger charge is 2.18. The number of halogens is 1. The summed E-state index contributed by atoms with van der Waals surface area (Å²) in [5, 5.41) is 7.32. The van der Waals surface area contributed by atoms with E-state index in [1.807, 2.05) is 13.0 Å². The molecule has 5 nitrogen and oxygen atoms in total. The van der Waals surface area contributed by atoms with Gasteiger partial charge in [0, 0.05) is 28.9 Å². The molecular formula is C19H16ClN3O2. The summed E-state index contributed by atoms with van der Waals surface area (Å²) >= 11 is 6.05. The largest absolute Gasteiger partial charge is 0.320 e. The number of hydrogen-bond acceptors (Lipinski definition) is 3. The monoisotopic (exact) mass is 353 g/mol. The van der Waals surface area contributed by atoms with Gasteiger partial charge in [0.05, 0.1) is 5.69 Å². The normalized spacial score (nSPS) is 10.5. The molecule has 1 heterocycles. The lowest BCUT2D eigenvalue weighted by Crippen LogP contribution is -2.16. The minimum Gasteiger partial charge on any atom is -0.320 e. The number of aromatic nitrogens is 2. The third kappa shape index (κ3) is 3.61. The summed E-state index contributed by atoms with van der Waals surface area (Å²) in [5.74, 6) is -0.594. The number of hydrogen-bond donors (Lipinski definition) is 1. The average molecular weight is 354 g/mol. The first-order valence-corrected chi connectivity index (χ1v) is 8.05. The molecule has 0 saturated heterocycles. The highest BCUT2D eigenvalue weighted by molar-refractivity contribution is 6.31. The number of nitrogens with one attached hydrogen (secondary N) is 1. The van der Waals surface area contributed by atoms with Crippen LogP contribution in [-0.2, 0) is 7.05 Å². The van der Waals surface area contributed by atoms with Crippen LogP contribution >= 0.6 is 11.6 Å². The van der Waals surface area contributed by atoms with Crippen LogP contribution in [0.4, 0.5) is 5.69 Å². The summed E-state index contributed by atoms with van der Waals surface area (Å²) in [6.45, 7) is 1.86. The van der Waals surface area contributed by atoms with E-state index >= 15 is 0 Å². The Balaban J connectivity index is 1.94. The summed E-state index contributed by atoms with van der Waals surface area (Å²) < 4.78 is 1.62.